The van der Waals surface area contributed by atoms with E-state index >= 15 is 0 Å². The highest BCUT2D eigenvalue weighted by molar-refractivity contribution is 6.13. The average molecular weight is 656 g/mol. The number of aryl methyl sites for hydroxylation is 1. The van der Waals surface area contributed by atoms with Crippen molar-refractivity contribution in [3.63, 3.8) is 0 Å². The van der Waals surface area contributed by atoms with Crippen LogP contribution in [0, 0.1) is 6.92 Å². The predicted molar refractivity (Wildman–Crippen MR) is 210 cm³/mol. The second-order valence-electron chi connectivity index (χ2n) is 12.9. The molecule has 0 radical (unpaired) electrons. The standard InChI is InChI=1S/C47H33N3O/c1-31-25-35(27-36(26-31)43-29-34(32-13-4-2-5-14-32)30-44(49-43)41-18-9-11-22-46(41)51)42-28-33(23-24-48-42)38-19-12-20-40-39-17-8-10-21-45(39)50(47(38)40)37-15-6-3-7-16-37/h2-30,51H,1H3. The van der Waals surface area contributed by atoms with E-state index in [4.69, 9.17) is 9.97 Å². The normalized spacial score (nSPS) is 11.3. The highest BCUT2D eigenvalue weighted by atomic mass is 16.3. The van der Waals surface area contributed by atoms with Gasteiger partial charge in [-0.15, -0.1) is 0 Å². The maximum absolute atomic E-state index is 10.8. The second kappa shape index (κ2) is 12.6. The van der Waals surface area contributed by atoms with Crippen molar-refractivity contribution in [3.05, 3.63) is 182 Å². The van der Waals surface area contributed by atoms with Crippen molar-refractivity contribution in [1.29, 1.82) is 0 Å². The van der Waals surface area contributed by atoms with Crippen LogP contribution in [0.3, 0.4) is 0 Å². The molecule has 9 aromatic rings. The molecule has 0 fully saturated rings. The number of nitrogens with zero attached hydrogens (tertiary/aromatic N) is 3. The summed E-state index contributed by atoms with van der Waals surface area (Å²) in [6.45, 7) is 2.11. The Bertz CT molecular complexity index is 2710. The number of aromatic nitrogens is 3. The van der Waals surface area contributed by atoms with Gasteiger partial charge in [-0.1, -0.05) is 97.1 Å². The molecule has 0 unspecified atom stereocenters. The molecule has 0 bridgehead atoms. The van der Waals surface area contributed by atoms with E-state index in [-0.39, 0.29) is 5.75 Å². The number of fused-ring (bicyclic) bond motifs is 3. The quantitative estimate of drug-likeness (QED) is 0.194. The maximum atomic E-state index is 10.8. The van der Waals surface area contributed by atoms with Crippen LogP contribution in [-0.4, -0.2) is 19.6 Å². The van der Waals surface area contributed by atoms with Crippen LogP contribution in [-0.2, 0) is 0 Å². The van der Waals surface area contributed by atoms with Crippen LogP contribution in [0.4, 0.5) is 0 Å². The lowest BCUT2D eigenvalue weighted by Crippen LogP contribution is -1.96. The van der Waals surface area contributed by atoms with Crippen molar-refractivity contribution in [1.82, 2.24) is 14.5 Å². The van der Waals surface area contributed by atoms with E-state index in [2.05, 4.69) is 133 Å². The number of para-hydroxylation sites is 4. The lowest BCUT2D eigenvalue weighted by Gasteiger charge is -2.14. The summed E-state index contributed by atoms with van der Waals surface area (Å²) in [5.74, 6) is 0.202. The fraction of sp³-hybridized carbons (Fsp3) is 0.0213. The first kappa shape index (κ1) is 30.3. The molecular formula is C47H33N3O. The predicted octanol–water partition coefficient (Wildman–Crippen LogP) is 11.9. The van der Waals surface area contributed by atoms with Gasteiger partial charge in [-0.25, -0.2) is 4.98 Å². The molecule has 0 aliphatic heterocycles. The zero-order chi connectivity index (χ0) is 34.3. The topological polar surface area (TPSA) is 50.9 Å². The molecule has 0 amide bonds. The SMILES string of the molecule is Cc1cc(-c2cc(-c3cccc4c5ccccc5n(-c5ccccc5)c34)ccn2)cc(-c2cc(-c3ccccc3)cc(-c3ccccc3O)n2)c1. The Morgan fingerprint density at radius 3 is 1.94 bits per heavy atom. The summed E-state index contributed by atoms with van der Waals surface area (Å²) in [7, 11) is 0. The van der Waals surface area contributed by atoms with E-state index in [1.165, 1.54) is 21.8 Å². The minimum atomic E-state index is 0.202. The summed E-state index contributed by atoms with van der Waals surface area (Å²) in [6.07, 6.45) is 1.91. The van der Waals surface area contributed by atoms with Crippen LogP contribution in [0.5, 0.6) is 5.75 Å². The third kappa shape index (κ3) is 5.53. The summed E-state index contributed by atoms with van der Waals surface area (Å²) < 4.78 is 2.37. The number of aromatic hydroxyl groups is 1. The van der Waals surface area contributed by atoms with Crippen LogP contribution in [0.2, 0.25) is 0 Å². The van der Waals surface area contributed by atoms with Crippen LogP contribution in [0.15, 0.2) is 176 Å². The van der Waals surface area contributed by atoms with Crippen molar-refractivity contribution in [2.75, 3.05) is 0 Å². The summed E-state index contributed by atoms with van der Waals surface area (Å²) >= 11 is 0. The molecule has 4 heteroatoms. The van der Waals surface area contributed by atoms with E-state index in [0.717, 1.165) is 61.7 Å². The van der Waals surface area contributed by atoms with Gasteiger partial charge in [0.15, 0.2) is 0 Å². The molecule has 0 saturated carbocycles. The van der Waals surface area contributed by atoms with E-state index in [1.54, 1.807) is 6.07 Å². The Kier molecular flexibility index (Phi) is 7.48. The molecule has 0 atom stereocenters. The molecule has 3 heterocycles. The lowest BCUT2D eigenvalue weighted by atomic mass is 9.96. The summed E-state index contributed by atoms with van der Waals surface area (Å²) in [4.78, 5) is 10.0. The van der Waals surface area contributed by atoms with Gasteiger partial charge < -0.3 is 9.67 Å². The van der Waals surface area contributed by atoms with E-state index in [0.29, 0.717) is 5.56 Å². The number of hydrogen-bond donors (Lipinski definition) is 1. The molecule has 0 saturated heterocycles. The first-order valence-electron chi connectivity index (χ1n) is 17.1. The summed E-state index contributed by atoms with van der Waals surface area (Å²) in [6, 6.07) is 58.4. The lowest BCUT2D eigenvalue weighted by molar-refractivity contribution is 0.477. The number of benzene rings is 6. The second-order valence-corrected chi connectivity index (χ2v) is 12.9. The molecule has 9 rings (SSSR count). The van der Waals surface area contributed by atoms with E-state index < -0.39 is 0 Å². The van der Waals surface area contributed by atoms with E-state index in [1.807, 2.05) is 48.7 Å². The molecule has 3 aromatic heterocycles. The molecule has 242 valence electrons. The number of phenolic OH excluding ortho intramolecular Hbond substituents is 1. The Morgan fingerprint density at radius 1 is 0.471 bits per heavy atom. The molecule has 0 aliphatic carbocycles. The van der Waals surface area contributed by atoms with Gasteiger partial charge in [0, 0.05) is 44.9 Å². The van der Waals surface area contributed by atoms with Crippen LogP contribution < -0.4 is 0 Å². The minimum absolute atomic E-state index is 0.202. The monoisotopic (exact) mass is 655 g/mol. The van der Waals surface area contributed by atoms with Crippen molar-refractivity contribution in [2.45, 2.75) is 6.92 Å². The van der Waals surface area contributed by atoms with Crippen LogP contribution in [0.1, 0.15) is 5.56 Å². The van der Waals surface area contributed by atoms with Gasteiger partial charge in [-0.3, -0.25) is 4.98 Å². The van der Waals surface area contributed by atoms with Gasteiger partial charge in [0.2, 0.25) is 0 Å². The Morgan fingerprint density at radius 2 is 1.12 bits per heavy atom. The number of phenols is 1. The van der Waals surface area contributed by atoms with Crippen LogP contribution in [0.25, 0.3) is 83.5 Å². The van der Waals surface area contributed by atoms with E-state index in [9.17, 15) is 5.11 Å². The zero-order valence-electron chi connectivity index (χ0n) is 28.0. The minimum Gasteiger partial charge on any atom is -0.507 e. The highest BCUT2D eigenvalue weighted by Crippen LogP contribution is 2.40. The molecule has 0 spiro atoms. The number of rotatable bonds is 6. The molecule has 4 nitrogen and oxygen atoms in total. The smallest absolute Gasteiger partial charge is 0.124 e. The van der Waals surface area contributed by atoms with Gasteiger partial charge in [-0.2, -0.15) is 0 Å². The molecule has 51 heavy (non-hydrogen) atoms. The Hall–Kier alpha value is -6.78. The fourth-order valence-corrected chi connectivity index (χ4v) is 7.24. The summed E-state index contributed by atoms with van der Waals surface area (Å²) in [5.41, 5.74) is 14.1. The van der Waals surface area contributed by atoms with Gasteiger partial charge in [-0.05, 0) is 102 Å². The van der Waals surface area contributed by atoms with Crippen molar-refractivity contribution >= 4 is 21.8 Å². The first-order valence-corrected chi connectivity index (χ1v) is 17.1. The van der Waals surface area contributed by atoms with Gasteiger partial charge in [0.05, 0.1) is 28.1 Å². The molecule has 0 aliphatic rings. The fourth-order valence-electron chi connectivity index (χ4n) is 7.24. The summed E-state index contributed by atoms with van der Waals surface area (Å²) in [5, 5.41) is 13.2. The third-order valence-electron chi connectivity index (χ3n) is 9.56. The maximum Gasteiger partial charge on any atom is 0.124 e. The average Bonchev–Trinajstić information content (AvgIpc) is 3.53. The Labute approximate surface area is 296 Å². The molecule has 6 aromatic carbocycles. The van der Waals surface area contributed by atoms with Crippen molar-refractivity contribution in [2.24, 2.45) is 0 Å². The zero-order valence-corrected chi connectivity index (χ0v) is 28.0. The highest BCUT2D eigenvalue weighted by Gasteiger charge is 2.18. The molecule has 1 N–H and O–H groups in total. The third-order valence-corrected chi connectivity index (χ3v) is 9.56. The number of hydrogen-bond acceptors (Lipinski definition) is 3. The van der Waals surface area contributed by atoms with Crippen LogP contribution >= 0.6 is 0 Å². The van der Waals surface area contributed by atoms with Crippen molar-refractivity contribution in [3.8, 4) is 67.5 Å². The Balaban J connectivity index is 1.20. The first-order chi connectivity index (χ1) is 25.1. The number of pyridine rings is 2. The molecular weight excluding hydrogens is 623 g/mol. The van der Waals surface area contributed by atoms with Gasteiger partial charge >= 0.3 is 0 Å². The van der Waals surface area contributed by atoms with Crippen molar-refractivity contribution < 1.29 is 5.11 Å². The largest absolute Gasteiger partial charge is 0.507 e. The van der Waals surface area contributed by atoms with Gasteiger partial charge in [0.1, 0.15) is 5.75 Å². The van der Waals surface area contributed by atoms with Gasteiger partial charge in [0.25, 0.3) is 0 Å².